The van der Waals surface area contributed by atoms with Gasteiger partial charge in [0, 0.05) is 12.3 Å². The largest absolute Gasteiger partial charge is 0.370 e. The predicted octanol–water partition coefficient (Wildman–Crippen LogP) is -0.0705. The first-order valence-electron chi connectivity index (χ1n) is 3.76. The second-order valence-electron chi connectivity index (χ2n) is 2.64. The summed E-state index contributed by atoms with van der Waals surface area (Å²) in [5.74, 6) is -1.42. The highest BCUT2D eigenvalue weighted by atomic mass is 16.2. The summed E-state index contributed by atoms with van der Waals surface area (Å²) in [6.45, 7) is 3.50. The van der Waals surface area contributed by atoms with E-state index in [4.69, 9.17) is 11.5 Å². The number of hydrogen-bond donors (Lipinski definition) is 2. The van der Waals surface area contributed by atoms with Crippen LogP contribution in [0, 0.1) is 5.92 Å². The van der Waals surface area contributed by atoms with Crippen molar-refractivity contribution in [1.29, 1.82) is 0 Å². The third-order valence-corrected chi connectivity index (χ3v) is 1.57. The van der Waals surface area contributed by atoms with E-state index < -0.39 is 17.7 Å². The molecule has 1 unspecified atom stereocenters. The van der Waals surface area contributed by atoms with Gasteiger partial charge in [-0.15, -0.1) is 6.58 Å². The molecule has 4 N–H and O–H groups in total. The van der Waals surface area contributed by atoms with Gasteiger partial charge in [-0.25, -0.2) is 0 Å². The Balaban J connectivity index is 3.94. The molecule has 0 radical (unpaired) electrons. The second kappa shape index (κ2) is 5.35. The van der Waals surface area contributed by atoms with Gasteiger partial charge in [0.25, 0.3) is 0 Å². The maximum Gasteiger partial charge on any atom is 0.221 e. The van der Waals surface area contributed by atoms with E-state index in [9.17, 15) is 9.59 Å². The molecule has 0 saturated carbocycles. The average molecular weight is 170 g/mol. The van der Waals surface area contributed by atoms with Crippen LogP contribution in [0.1, 0.15) is 19.3 Å². The van der Waals surface area contributed by atoms with E-state index in [-0.39, 0.29) is 6.42 Å². The summed E-state index contributed by atoms with van der Waals surface area (Å²) in [4.78, 5) is 21.2. The van der Waals surface area contributed by atoms with Crippen molar-refractivity contribution >= 4 is 11.8 Å². The van der Waals surface area contributed by atoms with Crippen LogP contribution in [-0.4, -0.2) is 11.8 Å². The molecule has 0 aliphatic carbocycles. The third-order valence-electron chi connectivity index (χ3n) is 1.57. The van der Waals surface area contributed by atoms with Gasteiger partial charge in [0.05, 0.1) is 0 Å². The average Bonchev–Trinajstić information content (AvgIpc) is 1.96. The first kappa shape index (κ1) is 10.7. The van der Waals surface area contributed by atoms with E-state index >= 15 is 0 Å². The number of carbonyl (C=O) groups is 2. The van der Waals surface area contributed by atoms with Gasteiger partial charge in [0.2, 0.25) is 11.8 Å². The monoisotopic (exact) mass is 170 g/mol. The van der Waals surface area contributed by atoms with Crippen LogP contribution < -0.4 is 11.5 Å². The van der Waals surface area contributed by atoms with Crippen molar-refractivity contribution in [2.24, 2.45) is 17.4 Å². The normalized spacial score (nSPS) is 12.0. The third kappa shape index (κ3) is 4.49. The van der Waals surface area contributed by atoms with E-state index in [2.05, 4.69) is 6.58 Å². The Labute approximate surface area is 71.6 Å². The number of carbonyl (C=O) groups excluding carboxylic acids is 2. The molecule has 0 aliphatic heterocycles. The van der Waals surface area contributed by atoms with Gasteiger partial charge in [-0.05, 0) is 12.8 Å². The van der Waals surface area contributed by atoms with Gasteiger partial charge in [-0.2, -0.15) is 0 Å². The summed E-state index contributed by atoms with van der Waals surface area (Å²) in [5.41, 5.74) is 9.98. The molecule has 1 atom stereocenters. The molecule has 0 saturated heterocycles. The summed E-state index contributed by atoms with van der Waals surface area (Å²) < 4.78 is 0. The van der Waals surface area contributed by atoms with E-state index in [1.165, 1.54) is 0 Å². The number of rotatable bonds is 6. The molecule has 0 aromatic rings. The first-order chi connectivity index (χ1) is 5.57. The minimum Gasteiger partial charge on any atom is -0.370 e. The van der Waals surface area contributed by atoms with E-state index in [0.717, 1.165) is 0 Å². The minimum absolute atomic E-state index is 0.0309. The SMILES string of the molecule is C=CCCC(CC(N)=O)C(N)=O. The Hall–Kier alpha value is -1.32. The number of allylic oxidation sites excluding steroid dienone is 1. The molecule has 0 aliphatic rings. The Bertz CT molecular complexity index is 189. The fourth-order valence-electron chi connectivity index (χ4n) is 0.907. The lowest BCUT2D eigenvalue weighted by Crippen LogP contribution is -2.28. The molecule has 0 heterocycles. The molecule has 0 rings (SSSR count). The van der Waals surface area contributed by atoms with E-state index in [0.29, 0.717) is 12.8 Å². The molecular weight excluding hydrogens is 156 g/mol. The molecule has 2 amide bonds. The molecule has 0 aromatic heterocycles. The van der Waals surface area contributed by atoms with Gasteiger partial charge in [0.15, 0.2) is 0 Å². The minimum atomic E-state index is -0.497. The maximum atomic E-state index is 10.7. The van der Waals surface area contributed by atoms with Crippen LogP contribution >= 0.6 is 0 Å². The summed E-state index contributed by atoms with van der Waals surface area (Å²) in [6, 6.07) is 0. The van der Waals surface area contributed by atoms with E-state index in [1.807, 2.05) is 0 Å². The number of primary amides is 2. The van der Waals surface area contributed by atoms with Crippen LogP contribution in [0.15, 0.2) is 12.7 Å². The molecule has 0 fully saturated rings. The summed E-state index contributed by atoms with van der Waals surface area (Å²) in [7, 11) is 0. The molecule has 4 heteroatoms. The van der Waals surface area contributed by atoms with E-state index in [1.54, 1.807) is 6.08 Å². The highest BCUT2D eigenvalue weighted by Gasteiger charge is 2.16. The molecule has 12 heavy (non-hydrogen) atoms. The topological polar surface area (TPSA) is 86.2 Å². The van der Waals surface area contributed by atoms with Crippen LogP contribution in [0.5, 0.6) is 0 Å². The number of amides is 2. The molecular formula is C8H14N2O2. The molecule has 0 aromatic carbocycles. The van der Waals surface area contributed by atoms with Gasteiger partial charge in [-0.3, -0.25) is 9.59 Å². The van der Waals surface area contributed by atoms with Crippen molar-refractivity contribution in [3.8, 4) is 0 Å². The van der Waals surface area contributed by atoms with Crippen molar-refractivity contribution in [3.63, 3.8) is 0 Å². The molecule has 0 bridgehead atoms. The molecule has 68 valence electrons. The fourth-order valence-corrected chi connectivity index (χ4v) is 0.907. The Morgan fingerprint density at radius 2 is 2.00 bits per heavy atom. The molecule has 4 nitrogen and oxygen atoms in total. The Morgan fingerprint density at radius 1 is 1.42 bits per heavy atom. The van der Waals surface area contributed by atoms with Crippen LogP contribution in [0.2, 0.25) is 0 Å². The smallest absolute Gasteiger partial charge is 0.221 e. The van der Waals surface area contributed by atoms with Gasteiger partial charge in [-0.1, -0.05) is 6.08 Å². The fraction of sp³-hybridized carbons (Fsp3) is 0.500. The van der Waals surface area contributed by atoms with Crippen molar-refractivity contribution in [1.82, 2.24) is 0 Å². The Morgan fingerprint density at radius 3 is 2.33 bits per heavy atom. The summed E-state index contributed by atoms with van der Waals surface area (Å²) >= 11 is 0. The maximum absolute atomic E-state index is 10.7. The van der Waals surface area contributed by atoms with Gasteiger partial charge >= 0.3 is 0 Å². The second-order valence-corrected chi connectivity index (χ2v) is 2.64. The van der Waals surface area contributed by atoms with Crippen molar-refractivity contribution in [2.75, 3.05) is 0 Å². The Kier molecular flexibility index (Phi) is 4.76. The lowest BCUT2D eigenvalue weighted by Gasteiger charge is -2.08. The number of hydrogen-bond acceptors (Lipinski definition) is 2. The van der Waals surface area contributed by atoms with Gasteiger partial charge in [0.1, 0.15) is 0 Å². The molecule has 0 spiro atoms. The zero-order valence-corrected chi connectivity index (χ0v) is 6.95. The zero-order valence-electron chi connectivity index (χ0n) is 6.95. The zero-order chi connectivity index (χ0) is 9.56. The van der Waals surface area contributed by atoms with Crippen molar-refractivity contribution < 1.29 is 9.59 Å². The van der Waals surface area contributed by atoms with Crippen LogP contribution in [-0.2, 0) is 9.59 Å². The van der Waals surface area contributed by atoms with Crippen LogP contribution in [0.4, 0.5) is 0 Å². The van der Waals surface area contributed by atoms with Crippen LogP contribution in [0.3, 0.4) is 0 Å². The van der Waals surface area contributed by atoms with Gasteiger partial charge < -0.3 is 11.5 Å². The van der Waals surface area contributed by atoms with Crippen LogP contribution in [0.25, 0.3) is 0 Å². The lowest BCUT2D eigenvalue weighted by molar-refractivity contribution is -0.127. The summed E-state index contributed by atoms with van der Waals surface area (Å²) in [5, 5.41) is 0. The number of nitrogens with two attached hydrogens (primary N) is 2. The summed E-state index contributed by atoms with van der Waals surface area (Å²) in [6.07, 6.45) is 2.92. The quantitative estimate of drug-likeness (QED) is 0.546. The standard InChI is InChI=1S/C8H14N2O2/c1-2-3-4-6(8(10)12)5-7(9)11/h2,6H,1,3-5H2,(H2,9,11)(H2,10,12). The van der Waals surface area contributed by atoms with Crippen molar-refractivity contribution in [3.05, 3.63) is 12.7 Å². The predicted molar refractivity (Wildman–Crippen MR) is 45.9 cm³/mol. The highest BCUT2D eigenvalue weighted by Crippen LogP contribution is 2.10. The highest BCUT2D eigenvalue weighted by molar-refractivity contribution is 5.83. The first-order valence-corrected chi connectivity index (χ1v) is 3.76. The lowest BCUT2D eigenvalue weighted by atomic mass is 9.98. The van der Waals surface area contributed by atoms with Crippen molar-refractivity contribution in [2.45, 2.75) is 19.3 Å².